The van der Waals surface area contributed by atoms with E-state index in [-0.39, 0.29) is 17.6 Å². The van der Waals surface area contributed by atoms with Crippen LogP contribution in [0, 0.1) is 13.8 Å². The number of aliphatic hydroxyl groups excluding tert-OH is 1. The van der Waals surface area contributed by atoms with Gasteiger partial charge in [0.2, 0.25) is 0 Å². The molecule has 0 aliphatic heterocycles. The van der Waals surface area contributed by atoms with Gasteiger partial charge in [0.1, 0.15) is 5.82 Å². The maximum Gasteiger partial charge on any atom is 0.253 e. The Morgan fingerprint density at radius 3 is 2.56 bits per heavy atom. The highest BCUT2D eigenvalue weighted by atomic mass is 16.3. The molecule has 0 saturated heterocycles. The van der Waals surface area contributed by atoms with E-state index < -0.39 is 6.10 Å². The number of hydrogen-bond acceptors (Lipinski definition) is 4. The van der Waals surface area contributed by atoms with Crippen LogP contribution in [0.25, 0.3) is 0 Å². The van der Waals surface area contributed by atoms with Crippen molar-refractivity contribution in [2.75, 3.05) is 6.54 Å². The van der Waals surface area contributed by atoms with Crippen molar-refractivity contribution in [1.82, 2.24) is 14.9 Å². The first-order chi connectivity index (χ1) is 8.19. The molecule has 0 aliphatic rings. The number of hydrogen-bond donors (Lipinski definition) is 2. The fourth-order valence-electron chi connectivity index (χ4n) is 1.69. The minimum atomic E-state index is -0.606. The molecule has 0 radical (unpaired) electrons. The average Bonchev–Trinajstić information content (AvgIpc) is 2.19. The molecule has 0 aliphatic carbocycles. The van der Waals surface area contributed by atoms with Crippen molar-refractivity contribution in [3.05, 3.63) is 27.9 Å². The van der Waals surface area contributed by atoms with Gasteiger partial charge < -0.3 is 10.4 Å². The lowest BCUT2D eigenvalue weighted by Gasteiger charge is -2.23. The third-order valence-corrected chi connectivity index (χ3v) is 2.59. The van der Waals surface area contributed by atoms with Crippen LogP contribution in [0.15, 0.2) is 10.9 Å². The number of rotatable bonds is 4. The molecular weight excluding hydrogens is 230 g/mol. The summed E-state index contributed by atoms with van der Waals surface area (Å²) in [6, 6.07) is 1.48. The molecule has 1 aromatic rings. The largest absolute Gasteiger partial charge is 0.390 e. The summed E-state index contributed by atoms with van der Waals surface area (Å²) in [6.07, 6.45) is -0.606. The normalized spacial score (nSPS) is 13.7. The highest BCUT2D eigenvalue weighted by Gasteiger charge is 2.14. The number of aryl methyl sites for hydroxylation is 2. The Kier molecular flexibility index (Phi) is 4.65. The van der Waals surface area contributed by atoms with Crippen LogP contribution in [0.5, 0.6) is 0 Å². The van der Waals surface area contributed by atoms with Crippen molar-refractivity contribution in [2.45, 2.75) is 52.8 Å². The molecule has 0 saturated carbocycles. The second-order valence-electron chi connectivity index (χ2n) is 5.68. The standard InChI is InChI=1S/C13H23N3O2/c1-9-6-12(18)16(10(2)15-9)8-11(17)7-14-13(3,4)5/h6,11,14,17H,7-8H2,1-5H3. The molecule has 0 amide bonds. The van der Waals surface area contributed by atoms with Gasteiger partial charge in [0.15, 0.2) is 0 Å². The molecule has 5 heteroatoms. The average molecular weight is 253 g/mol. The van der Waals surface area contributed by atoms with E-state index in [1.807, 2.05) is 20.8 Å². The lowest BCUT2D eigenvalue weighted by Crippen LogP contribution is -2.43. The summed E-state index contributed by atoms with van der Waals surface area (Å²) in [6.45, 7) is 10.4. The molecule has 1 unspecified atom stereocenters. The van der Waals surface area contributed by atoms with Gasteiger partial charge in [-0.2, -0.15) is 0 Å². The van der Waals surface area contributed by atoms with Gasteiger partial charge in [-0.3, -0.25) is 9.36 Å². The molecule has 1 atom stereocenters. The minimum absolute atomic E-state index is 0.0491. The summed E-state index contributed by atoms with van der Waals surface area (Å²) in [5.41, 5.74) is 0.540. The van der Waals surface area contributed by atoms with Crippen LogP contribution in [0.4, 0.5) is 0 Å². The molecule has 0 aromatic carbocycles. The highest BCUT2D eigenvalue weighted by Crippen LogP contribution is 2.00. The van der Waals surface area contributed by atoms with E-state index in [1.165, 1.54) is 10.6 Å². The van der Waals surface area contributed by atoms with Gasteiger partial charge in [-0.25, -0.2) is 4.98 Å². The molecule has 2 N–H and O–H groups in total. The maximum absolute atomic E-state index is 11.8. The fourth-order valence-corrected chi connectivity index (χ4v) is 1.69. The molecule has 1 heterocycles. The van der Waals surface area contributed by atoms with Crippen LogP contribution in [0.2, 0.25) is 0 Å². The fraction of sp³-hybridized carbons (Fsp3) is 0.692. The lowest BCUT2D eigenvalue weighted by molar-refractivity contribution is 0.139. The zero-order valence-corrected chi connectivity index (χ0v) is 11.8. The van der Waals surface area contributed by atoms with Gasteiger partial charge in [0, 0.05) is 23.8 Å². The van der Waals surface area contributed by atoms with Crippen molar-refractivity contribution < 1.29 is 5.11 Å². The van der Waals surface area contributed by atoms with Crippen molar-refractivity contribution >= 4 is 0 Å². The van der Waals surface area contributed by atoms with Crippen molar-refractivity contribution in [1.29, 1.82) is 0 Å². The van der Waals surface area contributed by atoms with E-state index in [4.69, 9.17) is 0 Å². The first kappa shape index (κ1) is 14.9. The third-order valence-electron chi connectivity index (χ3n) is 2.59. The van der Waals surface area contributed by atoms with Crippen LogP contribution >= 0.6 is 0 Å². The number of aliphatic hydroxyl groups is 1. The molecular formula is C13H23N3O2. The van der Waals surface area contributed by atoms with E-state index in [0.717, 1.165) is 0 Å². The first-order valence-corrected chi connectivity index (χ1v) is 6.17. The molecule has 1 rings (SSSR count). The van der Waals surface area contributed by atoms with Gasteiger partial charge in [-0.15, -0.1) is 0 Å². The van der Waals surface area contributed by atoms with Gasteiger partial charge in [0.25, 0.3) is 5.56 Å². The summed E-state index contributed by atoms with van der Waals surface area (Å²) >= 11 is 0. The van der Waals surface area contributed by atoms with Crippen molar-refractivity contribution in [3.63, 3.8) is 0 Å². The number of nitrogens with one attached hydrogen (secondary N) is 1. The van der Waals surface area contributed by atoms with Crippen molar-refractivity contribution in [3.8, 4) is 0 Å². The Balaban J connectivity index is 2.71. The minimum Gasteiger partial charge on any atom is -0.390 e. The molecule has 18 heavy (non-hydrogen) atoms. The van der Waals surface area contributed by atoms with Gasteiger partial charge >= 0.3 is 0 Å². The van der Waals surface area contributed by atoms with Crippen LogP contribution in [0.1, 0.15) is 32.3 Å². The smallest absolute Gasteiger partial charge is 0.253 e. The van der Waals surface area contributed by atoms with Crippen molar-refractivity contribution in [2.24, 2.45) is 0 Å². The Morgan fingerprint density at radius 1 is 1.44 bits per heavy atom. The summed E-state index contributed by atoms with van der Waals surface area (Å²) in [4.78, 5) is 16.0. The second kappa shape index (κ2) is 5.63. The summed E-state index contributed by atoms with van der Waals surface area (Å²) in [5, 5.41) is 13.1. The topological polar surface area (TPSA) is 67.2 Å². The van der Waals surface area contributed by atoms with Crippen LogP contribution in [-0.4, -0.2) is 32.8 Å². The predicted octanol–water partition coefficient (Wildman–Crippen LogP) is 0.609. The van der Waals surface area contributed by atoms with Crippen LogP contribution in [-0.2, 0) is 6.54 Å². The molecule has 102 valence electrons. The Labute approximate surface area is 108 Å². The monoisotopic (exact) mass is 253 g/mol. The zero-order valence-electron chi connectivity index (χ0n) is 11.8. The van der Waals surface area contributed by atoms with Crippen LogP contribution < -0.4 is 10.9 Å². The van der Waals surface area contributed by atoms with E-state index >= 15 is 0 Å². The molecule has 0 spiro atoms. The quantitative estimate of drug-likeness (QED) is 0.825. The lowest BCUT2D eigenvalue weighted by atomic mass is 10.1. The number of aromatic nitrogens is 2. The molecule has 0 bridgehead atoms. The summed E-state index contributed by atoms with van der Waals surface area (Å²) in [5.74, 6) is 0.634. The zero-order chi connectivity index (χ0) is 13.9. The molecule has 5 nitrogen and oxygen atoms in total. The maximum atomic E-state index is 11.8. The Morgan fingerprint density at radius 2 is 2.06 bits per heavy atom. The van der Waals surface area contributed by atoms with E-state index in [0.29, 0.717) is 18.1 Å². The first-order valence-electron chi connectivity index (χ1n) is 6.17. The highest BCUT2D eigenvalue weighted by molar-refractivity contribution is 5.01. The molecule has 1 aromatic heterocycles. The Bertz CT molecular complexity index is 460. The predicted molar refractivity (Wildman–Crippen MR) is 71.7 cm³/mol. The Hall–Kier alpha value is -1.20. The summed E-state index contributed by atoms with van der Waals surface area (Å²) < 4.78 is 1.50. The number of nitrogens with zero attached hydrogens (tertiary/aromatic N) is 2. The van der Waals surface area contributed by atoms with Gasteiger partial charge in [-0.1, -0.05) is 0 Å². The second-order valence-corrected chi connectivity index (χ2v) is 5.68. The van der Waals surface area contributed by atoms with E-state index in [9.17, 15) is 9.90 Å². The summed E-state index contributed by atoms with van der Waals surface area (Å²) in [7, 11) is 0. The number of β-amino-alcohol motifs (C(OH)–C–C–N with tert-alkyl or cyclic N) is 1. The van der Waals surface area contributed by atoms with Crippen LogP contribution in [0.3, 0.4) is 0 Å². The third kappa shape index (κ3) is 4.58. The molecule has 0 fully saturated rings. The van der Waals surface area contributed by atoms with E-state index in [2.05, 4.69) is 10.3 Å². The SMILES string of the molecule is Cc1cc(=O)n(CC(O)CNC(C)(C)C)c(C)n1. The van der Waals surface area contributed by atoms with E-state index in [1.54, 1.807) is 13.8 Å². The van der Waals surface area contributed by atoms with Gasteiger partial charge in [-0.05, 0) is 34.6 Å². The van der Waals surface area contributed by atoms with Gasteiger partial charge in [0.05, 0.1) is 12.6 Å².